The number of hydrogen-bond acceptors (Lipinski definition) is 4. The molecule has 132 valence electrons. The van der Waals surface area contributed by atoms with Crippen LogP contribution in [0, 0.1) is 13.8 Å². The second kappa shape index (κ2) is 7.77. The number of aryl methyl sites for hydroxylation is 2. The van der Waals surface area contributed by atoms with Crippen molar-refractivity contribution in [1.29, 1.82) is 0 Å². The maximum absolute atomic E-state index is 12.5. The van der Waals surface area contributed by atoms with Crippen LogP contribution in [0.15, 0.2) is 18.2 Å². The molecule has 24 heavy (non-hydrogen) atoms. The number of aliphatic hydroxyl groups excluding tert-OH is 1. The molecule has 2 rings (SSSR count). The van der Waals surface area contributed by atoms with E-state index in [0.717, 1.165) is 11.1 Å². The average Bonchev–Trinajstić information content (AvgIpc) is 2.52. The van der Waals surface area contributed by atoms with E-state index in [1.54, 1.807) is 19.0 Å². The Labute approximate surface area is 143 Å². The Morgan fingerprint density at radius 3 is 2.67 bits per heavy atom. The second-order valence-corrected chi connectivity index (χ2v) is 6.78. The average molecular weight is 333 g/mol. The van der Waals surface area contributed by atoms with Crippen LogP contribution in [-0.2, 0) is 4.79 Å². The molecule has 1 aliphatic heterocycles. The molecule has 1 heterocycles. The minimum atomic E-state index is -0.678. The van der Waals surface area contributed by atoms with E-state index in [4.69, 9.17) is 0 Å². The minimum absolute atomic E-state index is 0.0140. The van der Waals surface area contributed by atoms with Crippen LogP contribution in [0.2, 0.25) is 0 Å². The van der Waals surface area contributed by atoms with Gasteiger partial charge in [0.05, 0.1) is 18.7 Å². The zero-order valence-corrected chi connectivity index (χ0v) is 14.9. The van der Waals surface area contributed by atoms with E-state index in [9.17, 15) is 14.7 Å². The lowest BCUT2D eigenvalue weighted by atomic mass is 10.00. The highest BCUT2D eigenvalue weighted by Gasteiger charge is 2.30. The van der Waals surface area contributed by atoms with Gasteiger partial charge >= 0.3 is 0 Å². The molecular formula is C18H27N3O3. The first-order valence-electron chi connectivity index (χ1n) is 8.26. The van der Waals surface area contributed by atoms with E-state index in [0.29, 0.717) is 31.6 Å². The minimum Gasteiger partial charge on any atom is -0.390 e. The van der Waals surface area contributed by atoms with Crippen LogP contribution in [0.1, 0.15) is 27.9 Å². The van der Waals surface area contributed by atoms with Gasteiger partial charge in [0, 0.05) is 32.7 Å². The molecule has 0 unspecified atom stereocenters. The van der Waals surface area contributed by atoms with Gasteiger partial charge in [0.15, 0.2) is 0 Å². The Hall–Kier alpha value is -1.92. The number of carbonyl (C=O) groups is 2. The fourth-order valence-corrected chi connectivity index (χ4v) is 2.87. The number of piperidine rings is 1. The number of hydrogen-bond donors (Lipinski definition) is 2. The van der Waals surface area contributed by atoms with E-state index in [2.05, 4.69) is 5.32 Å². The van der Waals surface area contributed by atoms with Crippen molar-refractivity contribution in [3.8, 4) is 0 Å². The molecule has 2 amide bonds. The quantitative estimate of drug-likeness (QED) is 0.844. The number of carbonyl (C=O) groups excluding carboxylic acids is 2. The van der Waals surface area contributed by atoms with Crippen LogP contribution in [0.25, 0.3) is 0 Å². The molecule has 2 atom stereocenters. The lowest BCUT2D eigenvalue weighted by molar-refractivity contribution is -0.130. The summed E-state index contributed by atoms with van der Waals surface area (Å²) in [5.41, 5.74) is 2.59. The first-order chi connectivity index (χ1) is 11.3. The summed E-state index contributed by atoms with van der Waals surface area (Å²) in [7, 11) is 3.44. The highest BCUT2D eigenvalue weighted by Crippen LogP contribution is 2.15. The van der Waals surface area contributed by atoms with E-state index in [-0.39, 0.29) is 17.9 Å². The molecule has 0 saturated carbocycles. The summed E-state index contributed by atoms with van der Waals surface area (Å²) in [5, 5.41) is 13.3. The molecule has 6 nitrogen and oxygen atoms in total. The first-order valence-corrected chi connectivity index (χ1v) is 8.26. The van der Waals surface area contributed by atoms with Gasteiger partial charge in [-0.25, -0.2) is 0 Å². The number of benzene rings is 1. The standard InChI is InChI=1S/C18H27N3O3/c1-12-5-6-13(2)14(9-12)18(24)19-15-7-8-21(10-16(15)22)11-17(23)20(3)4/h5-6,9,15-16,22H,7-8,10-11H2,1-4H3,(H,19,24)/t15-,16-/m1/s1. The molecule has 0 aliphatic carbocycles. The van der Waals surface area contributed by atoms with Crippen LogP contribution in [-0.4, -0.2) is 72.6 Å². The Morgan fingerprint density at radius 2 is 2.04 bits per heavy atom. The Bertz CT molecular complexity index is 616. The Morgan fingerprint density at radius 1 is 1.33 bits per heavy atom. The summed E-state index contributed by atoms with van der Waals surface area (Å²) in [5.74, 6) is -0.141. The van der Waals surface area contributed by atoms with Crippen LogP contribution < -0.4 is 5.32 Å². The van der Waals surface area contributed by atoms with Crippen LogP contribution in [0.4, 0.5) is 0 Å². The number of nitrogens with zero attached hydrogens (tertiary/aromatic N) is 2. The molecule has 1 aromatic rings. The predicted octanol–water partition coefficient (Wildman–Crippen LogP) is 0.557. The number of β-amino-alcohol motifs (C(OH)–C–C–N with tert-alkyl or cyclic N) is 1. The van der Waals surface area contributed by atoms with Gasteiger partial charge in [-0.15, -0.1) is 0 Å². The fraction of sp³-hybridized carbons (Fsp3) is 0.556. The van der Waals surface area contributed by atoms with Gasteiger partial charge in [-0.1, -0.05) is 17.7 Å². The van der Waals surface area contributed by atoms with Crippen LogP contribution in [0.3, 0.4) is 0 Å². The van der Waals surface area contributed by atoms with Crippen molar-refractivity contribution in [1.82, 2.24) is 15.1 Å². The third-order valence-electron chi connectivity index (χ3n) is 4.48. The SMILES string of the molecule is Cc1ccc(C)c(C(=O)N[C@@H]2CCN(CC(=O)N(C)C)C[C@H]2O)c1. The Kier molecular flexibility index (Phi) is 5.96. The molecule has 2 N–H and O–H groups in total. The van der Waals surface area contributed by atoms with Gasteiger partial charge < -0.3 is 15.3 Å². The lowest BCUT2D eigenvalue weighted by Crippen LogP contribution is -2.55. The largest absolute Gasteiger partial charge is 0.390 e. The van der Waals surface area contributed by atoms with Crippen molar-refractivity contribution in [2.24, 2.45) is 0 Å². The van der Waals surface area contributed by atoms with Gasteiger partial charge in [-0.2, -0.15) is 0 Å². The van der Waals surface area contributed by atoms with Gasteiger partial charge in [0.25, 0.3) is 5.91 Å². The van der Waals surface area contributed by atoms with Crippen molar-refractivity contribution in [2.75, 3.05) is 33.7 Å². The second-order valence-electron chi connectivity index (χ2n) is 6.78. The summed E-state index contributed by atoms with van der Waals surface area (Å²) < 4.78 is 0. The van der Waals surface area contributed by atoms with Crippen molar-refractivity contribution >= 4 is 11.8 Å². The molecule has 6 heteroatoms. The third-order valence-corrected chi connectivity index (χ3v) is 4.48. The van der Waals surface area contributed by atoms with Gasteiger partial charge in [-0.05, 0) is 31.9 Å². The number of nitrogens with one attached hydrogen (secondary N) is 1. The lowest BCUT2D eigenvalue weighted by Gasteiger charge is -2.36. The molecule has 1 aromatic carbocycles. The molecule has 0 bridgehead atoms. The van der Waals surface area contributed by atoms with Crippen molar-refractivity contribution in [2.45, 2.75) is 32.4 Å². The van der Waals surface area contributed by atoms with Crippen molar-refractivity contribution in [3.05, 3.63) is 34.9 Å². The zero-order valence-electron chi connectivity index (χ0n) is 14.9. The van der Waals surface area contributed by atoms with E-state index < -0.39 is 6.10 Å². The molecule has 1 saturated heterocycles. The van der Waals surface area contributed by atoms with Gasteiger partial charge in [0.1, 0.15) is 0 Å². The van der Waals surface area contributed by atoms with Crippen LogP contribution in [0.5, 0.6) is 0 Å². The number of amides is 2. The van der Waals surface area contributed by atoms with E-state index in [1.165, 1.54) is 0 Å². The smallest absolute Gasteiger partial charge is 0.251 e. The van der Waals surface area contributed by atoms with Crippen molar-refractivity contribution in [3.63, 3.8) is 0 Å². The maximum Gasteiger partial charge on any atom is 0.251 e. The number of likely N-dealkylation sites (N-methyl/N-ethyl adjacent to an activating group) is 1. The Balaban J connectivity index is 1.94. The highest BCUT2D eigenvalue weighted by atomic mass is 16.3. The normalized spacial score (nSPS) is 21.4. The van der Waals surface area contributed by atoms with Gasteiger partial charge in [0.2, 0.25) is 5.91 Å². The monoisotopic (exact) mass is 333 g/mol. The van der Waals surface area contributed by atoms with E-state index >= 15 is 0 Å². The molecule has 0 spiro atoms. The van der Waals surface area contributed by atoms with Gasteiger partial charge in [-0.3, -0.25) is 14.5 Å². The molecule has 0 radical (unpaired) electrons. The van der Waals surface area contributed by atoms with E-state index in [1.807, 2.05) is 36.9 Å². The molecule has 1 fully saturated rings. The summed E-state index contributed by atoms with van der Waals surface area (Å²) in [6.45, 7) is 5.21. The van der Waals surface area contributed by atoms with Crippen LogP contribution >= 0.6 is 0 Å². The maximum atomic E-state index is 12.5. The number of rotatable bonds is 4. The van der Waals surface area contributed by atoms with Crippen molar-refractivity contribution < 1.29 is 14.7 Å². The summed E-state index contributed by atoms with van der Waals surface area (Å²) in [4.78, 5) is 27.7. The summed E-state index contributed by atoms with van der Waals surface area (Å²) >= 11 is 0. The summed E-state index contributed by atoms with van der Waals surface area (Å²) in [6.07, 6.45) is -0.0545. The third kappa shape index (κ3) is 4.55. The number of likely N-dealkylation sites (tertiary alicyclic amines) is 1. The zero-order chi connectivity index (χ0) is 17.9. The first kappa shape index (κ1) is 18.4. The number of aliphatic hydroxyl groups is 1. The summed E-state index contributed by atoms with van der Waals surface area (Å²) in [6, 6.07) is 5.47. The highest BCUT2D eigenvalue weighted by molar-refractivity contribution is 5.96. The molecular weight excluding hydrogens is 306 g/mol. The fourth-order valence-electron chi connectivity index (χ4n) is 2.87. The topological polar surface area (TPSA) is 72.9 Å². The predicted molar refractivity (Wildman–Crippen MR) is 92.9 cm³/mol. The molecule has 1 aliphatic rings. The molecule has 0 aromatic heterocycles.